The first-order valence-electron chi connectivity index (χ1n) is 3.74. The van der Waals surface area contributed by atoms with Gasteiger partial charge in [0.2, 0.25) is 0 Å². The van der Waals surface area contributed by atoms with E-state index in [0.29, 0.717) is 16.8 Å². The highest BCUT2D eigenvalue weighted by Crippen LogP contribution is 2.33. The third kappa shape index (κ3) is 2.13. The number of hydrogen-bond donors (Lipinski definition) is 1. The van der Waals surface area contributed by atoms with E-state index in [0.717, 1.165) is 0 Å². The van der Waals surface area contributed by atoms with Gasteiger partial charge in [-0.2, -0.15) is 5.26 Å². The van der Waals surface area contributed by atoms with Gasteiger partial charge in [-0.3, -0.25) is 0 Å². The van der Waals surface area contributed by atoms with Crippen LogP contribution in [0.1, 0.15) is 12.5 Å². The molecule has 1 aromatic rings. The van der Waals surface area contributed by atoms with Gasteiger partial charge in [-0.15, -0.1) is 0 Å². The van der Waals surface area contributed by atoms with Crippen LogP contribution in [0.25, 0.3) is 0 Å². The molecule has 0 aromatic heterocycles. The van der Waals surface area contributed by atoms with Crippen LogP contribution in [0.3, 0.4) is 0 Å². The summed E-state index contributed by atoms with van der Waals surface area (Å²) in [7, 11) is 0. The summed E-state index contributed by atoms with van der Waals surface area (Å²) >= 11 is 3.22. The number of hydrogen-bond acceptors (Lipinski definition) is 3. The molecule has 0 saturated carbocycles. The maximum absolute atomic E-state index is 9.48. The van der Waals surface area contributed by atoms with E-state index in [-0.39, 0.29) is 11.3 Å². The number of aromatic hydroxyl groups is 1. The van der Waals surface area contributed by atoms with Crippen molar-refractivity contribution in [2.24, 2.45) is 0 Å². The standard InChI is InChI=1S/C9H8BrNO2/c1-2-13-8-4-7(10)3-6(5-11)9(8)12/h3-4,12H,2H2,1H3. The van der Waals surface area contributed by atoms with Gasteiger partial charge < -0.3 is 9.84 Å². The summed E-state index contributed by atoms with van der Waals surface area (Å²) in [5.41, 5.74) is 0.206. The van der Waals surface area contributed by atoms with E-state index in [4.69, 9.17) is 10.00 Å². The van der Waals surface area contributed by atoms with Crippen molar-refractivity contribution < 1.29 is 9.84 Å². The fourth-order valence-electron chi connectivity index (χ4n) is 0.925. The van der Waals surface area contributed by atoms with E-state index < -0.39 is 0 Å². The molecule has 0 aliphatic rings. The second kappa shape index (κ2) is 4.15. The summed E-state index contributed by atoms with van der Waals surface area (Å²) in [4.78, 5) is 0. The fourth-order valence-corrected chi connectivity index (χ4v) is 1.36. The van der Waals surface area contributed by atoms with Crippen LogP contribution in [0.2, 0.25) is 0 Å². The molecule has 3 nitrogen and oxygen atoms in total. The first-order valence-corrected chi connectivity index (χ1v) is 4.53. The summed E-state index contributed by atoms with van der Waals surface area (Å²) in [5.74, 6) is 0.223. The van der Waals surface area contributed by atoms with Crippen LogP contribution in [0.15, 0.2) is 16.6 Å². The molecule has 1 N–H and O–H groups in total. The molecule has 0 fully saturated rings. The third-order valence-electron chi connectivity index (χ3n) is 1.46. The Balaban J connectivity index is 3.21. The minimum Gasteiger partial charge on any atom is -0.503 e. The van der Waals surface area contributed by atoms with Crippen LogP contribution >= 0.6 is 15.9 Å². The summed E-state index contributed by atoms with van der Waals surface area (Å²) in [6, 6.07) is 5.04. The Morgan fingerprint density at radius 2 is 2.31 bits per heavy atom. The van der Waals surface area contributed by atoms with E-state index in [1.54, 1.807) is 6.07 Å². The lowest BCUT2D eigenvalue weighted by Crippen LogP contribution is -1.93. The minimum atomic E-state index is -0.104. The summed E-state index contributed by atoms with van der Waals surface area (Å²) in [5, 5.41) is 18.1. The van der Waals surface area contributed by atoms with Crippen LogP contribution in [-0.4, -0.2) is 11.7 Å². The van der Waals surface area contributed by atoms with Gasteiger partial charge in [0.05, 0.1) is 12.2 Å². The van der Waals surface area contributed by atoms with Crippen LogP contribution in [0.5, 0.6) is 11.5 Å². The van der Waals surface area contributed by atoms with Gasteiger partial charge in [-0.1, -0.05) is 15.9 Å². The second-order valence-electron chi connectivity index (χ2n) is 2.34. The Labute approximate surface area is 84.7 Å². The molecule has 68 valence electrons. The van der Waals surface area contributed by atoms with Gasteiger partial charge in [-0.25, -0.2) is 0 Å². The molecule has 0 amide bonds. The van der Waals surface area contributed by atoms with Crippen molar-refractivity contribution in [2.75, 3.05) is 6.61 Å². The first kappa shape index (κ1) is 9.87. The molecule has 0 spiro atoms. The lowest BCUT2D eigenvalue weighted by molar-refractivity contribution is 0.317. The molecule has 1 rings (SSSR count). The smallest absolute Gasteiger partial charge is 0.175 e. The van der Waals surface area contributed by atoms with Crippen LogP contribution in [0.4, 0.5) is 0 Å². The maximum atomic E-state index is 9.48. The highest BCUT2D eigenvalue weighted by Gasteiger charge is 2.09. The maximum Gasteiger partial charge on any atom is 0.175 e. The van der Waals surface area contributed by atoms with Crippen molar-refractivity contribution in [2.45, 2.75) is 6.92 Å². The Kier molecular flexibility index (Phi) is 3.15. The van der Waals surface area contributed by atoms with Crippen molar-refractivity contribution in [1.82, 2.24) is 0 Å². The molecule has 0 radical (unpaired) electrons. The molecular weight excluding hydrogens is 234 g/mol. The van der Waals surface area contributed by atoms with Crippen LogP contribution in [0, 0.1) is 11.3 Å². The number of ether oxygens (including phenoxy) is 1. The zero-order valence-electron chi connectivity index (χ0n) is 7.04. The Morgan fingerprint density at radius 1 is 1.62 bits per heavy atom. The first-order chi connectivity index (χ1) is 6.19. The van der Waals surface area contributed by atoms with Crippen molar-refractivity contribution >= 4 is 15.9 Å². The van der Waals surface area contributed by atoms with Crippen LogP contribution in [-0.2, 0) is 0 Å². The average molecular weight is 242 g/mol. The number of nitriles is 1. The Morgan fingerprint density at radius 3 is 2.85 bits per heavy atom. The Hall–Kier alpha value is -1.21. The SMILES string of the molecule is CCOc1cc(Br)cc(C#N)c1O. The third-order valence-corrected chi connectivity index (χ3v) is 1.92. The van der Waals surface area contributed by atoms with Gasteiger partial charge in [0.25, 0.3) is 0 Å². The average Bonchev–Trinajstić information content (AvgIpc) is 2.11. The summed E-state index contributed by atoms with van der Waals surface area (Å²) in [6.07, 6.45) is 0. The normalized spacial score (nSPS) is 9.31. The topological polar surface area (TPSA) is 53.2 Å². The molecule has 0 unspecified atom stereocenters. The monoisotopic (exact) mass is 241 g/mol. The lowest BCUT2D eigenvalue weighted by atomic mass is 10.2. The largest absolute Gasteiger partial charge is 0.503 e. The number of halogens is 1. The van der Waals surface area contributed by atoms with E-state index >= 15 is 0 Å². The van der Waals surface area contributed by atoms with E-state index in [9.17, 15) is 5.11 Å². The number of phenols is 1. The number of rotatable bonds is 2. The van der Waals surface area contributed by atoms with Gasteiger partial charge in [0, 0.05) is 4.47 Å². The summed E-state index contributed by atoms with van der Waals surface area (Å²) in [6.45, 7) is 2.27. The zero-order chi connectivity index (χ0) is 9.84. The van der Waals surface area contributed by atoms with Gasteiger partial charge >= 0.3 is 0 Å². The van der Waals surface area contributed by atoms with Gasteiger partial charge in [0.15, 0.2) is 11.5 Å². The molecule has 0 saturated heterocycles. The molecule has 1 aromatic carbocycles. The minimum absolute atomic E-state index is 0.104. The summed E-state index contributed by atoms with van der Waals surface area (Å²) < 4.78 is 5.84. The van der Waals surface area contributed by atoms with Crippen molar-refractivity contribution in [3.05, 3.63) is 22.2 Å². The van der Waals surface area contributed by atoms with Crippen molar-refractivity contribution in [3.63, 3.8) is 0 Å². The van der Waals surface area contributed by atoms with E-state index in [2.05, 4.69) is 15.9 Å². The van der Waals surface area contributed by atoms with E-state index in [1.165, 1.54) is 6.07 Å². The predicted octanol–water partition coefficient (Wildman–Crippen LogP) is 2.43. The lowest BCUT2D eigenvalue weighted by Gasteiger charge is -2.06. The fraction of sp³-hybridized carbons (Fsp3) is 0.222. The molecule has 0 heterocycles. The molecule has 0 atom stereocenters. The molecule has 13 heavy (non-hydrogen) atoms. The molecular formula is C9H8BrNO2. The van der Waals surface area contributed by atoms with Gasteiger partial charge in [0.1, 0.15) is 6.07 Å². The molecule has 0 bridgehead atoms. The second-order valence-corrected chi connectivity index (χ2v) is 3.26. The van der Waals surface area contributed by atoms with Gasteiger partial charge in [-0.05, 0) is 19.1 Å². The number of phenolic OH excluding ortho intramolecular Hbond substituents is 1. The molecule has 0 aliphatic heterocycles. The number of nitrogens with zero attached hydrogens (tertiary/aromatic N) is 1. The highest BCUT2D eigenvalue weighted by atomic mass is 79.9. The quantitative estimate of drug-likeness (QED) is 0.866. The van der Waals surface area contributed by atoms with E-state index in [1.807, 2.05) is 13.0 Å². The number of benzene rings is 1. The predicted molar refractivity (Wildman–Crippen MR) is 51.7 cm³/mol. The zero-order valence-corrected chi connectivity index (χ0v) is 8.63. The van der Waals surface area contributed by atoms with Crippen molar-refractivity contribution in [3.8, 4) is 17.6 Å². The Bertz CT molecular complexity index is 357. The highest BCUT2D eigenvalue weighted by molar-refractivity contribution is 9.10. The molecule has 0 aliphatic carbocycles. The van der Waals surface area contributed by atoms with Crippen molar-refractivity contribution in [1.29, 1.82) is 5.26 Å². The van der Waals surface area contributed by atoms with Crippen LogP contribution < -0.4 is 4.74 Å². The molecule has 4 heteroatoms.